The van der Waals surface area contributed by atoms with E-state index >= 15 is 0 Å². The molecule has 1 heterocycles. The van der Waals surface area contributed by atoms with Gasteiger partial charge in [0.05, 0.1) is 11.5 Å². The highest BCUT2D eigenvalue weighted by Crippen LogP contribution is 2.34. The summed E-state index contributed by atoms with van der Waals surface area (Å²) in [6.07, 6.45) is 1.41. The maximum atomic E-state index is 12.4. The van der Waals surface area contributed by atoms with Crippen LogP contribution in [0.25, 0.3) is 6.08 Å². The van der Waals surface area contributed by atoms with Gasteiger partial charge < -0.3 is 14.6 Å². The van der Waals surface area contributed by atoms with E-state index in [1.165, 1.54) is 6.08 Å². The number of hydrogen-bond donors (Lipinski definition) is 1. The largest absolute Gasteiger partial charge is 0.481 e. The molecule has 1 aromatic rings. The van der Waals surface area contributed by atoms with Crippen molar-refractivity contribution < 1.29 is 33.8 Å². The number of aliphatic carboxylic acids is 1. The molecule has 1 saturated heterocycles. The summed E-state index contributed by atoms with van der Waals surface area (Å²) in [5, 5.41) is 8.15. The molecule has 0 radical (unpaired) electrons. The van der Waals surface area contributed by atoms with Gasteiger partial charge in [0.25, 0.3) is 11.1 Å². The molecule has 138 valence electrons. The fourth-order valence-corrected chi connectivity index (χ4v) is 3.22. The summed E-state index contributed by atoms with van der Waals surface area (Å²) in [5.41, 5.74) is 0.419. The van der Waals surface area contributed by atoms with Crippen LogP contribution in [-0.2, 0) is 19.1 Å². The number of carboxylic acid groups (broad SMARTS) is 1. The zero-order valence-corrected chi connectivity index (χ0v) is 16.0. The fourth-order valence-electron chi connectivity index (χ4n) is 2.02. The predicted octanol–water partition coefficient (Wildman–Crippen LogP) is 2.51. The minimum atomic E-state index is -1.14. The number of rotatable bonds is 7. The fraction of sp³-hybridized carbons (Fsp3) is 0.250. The lowest BCUT2D eigenvalue weighted by atomic mass is 10.2. The van der Waals surface area contributed by atoms with Crippen molar-refractivity contribution in [2.75, 3.05) is 19.8 Å². The Balaban J connectivity index is 2.25. The van der Waals surface area contributed by atoms with E-state index in [1.807, 2.05) is 0 Å². The number of carbonyl (C=O) groups excluding carboxylic acids is 3. The normalized spacial score (nSPS) is 15.5. The van der Waals surface area contributed by atoms with Crippen molar-refractivity contribution in [3.8, 4) is 5.75 Å². The molecule has 0 unspecified atom stereocenters. The highest BCUT2D eigenvalue weighted by molar-refractivity contribution is 9.10. The van der Waals surface area contributed by atoms with Crippen molar-refractivity contribution in [2.24, 2.45) is 0 Å². The molecule has 10 heteroatoms. The number of halogens is 1. The zero-order valence-electron chi connectivity index (χ0n) is 13.6. The lowest BCUT2D eigenvalue weighted by Crippen LogP contribution is -2.34. The summed E-state index contributed by atoms with van der Waals surface area (Å²) >= 11 is 3.96. The number of nitrogens with zero attached hydrogens (tertiary/aromatic N) is 1. The van der Waals surface area contributed by atoms with Crippen molar-refractivity contribution in [2.45, 2.75) is 6.92 Å². The summed E-state index contributed by atoms with van der Waals surface area (Å²) in [4.78, 5) is 47.5. The summed E-state index contributed by atoms with van der Waals surface area (Å²) in [6.45, 7) is 0.758. The van der Waals surface area contributed by atoms with E-state index in [9.17, 15) is 19.2 Å². The topological polar surface area (TPSA) is 110 Å². The Morgan fingerprint density at radius 3 is 2.73 bits per heavy atom. The molecule has 8 nitrogen and oxygen atoms in total. The number of esters is 1. The second-order valence-electron chi connectivity index (χ2n) is 4.94. The molecule has 0 aromatic heterocycles. The second kappa shape index (κ2) is 8.86. The molecule has 1 aliphatic heterocycles. The quantitative estimate of drug-likeness (QED) is 0.505. The number of carbonyl (C=O) groups is 4. The van der Waals surface area contributed by atoms with E-state index in [1.54, 1.807) is 25.1 Å². The Morgan fingerprint density at radius 2 is 2.08 bits per heavy atom. The number of ether oxygens (including phenoxy) is 2. The van der Waals surface area contributed by atoms with Crippen molar-refractivity contribution in [1.29, 1.82) is 0 Å². The standard InChI is InChI=1S/C16H14BrNO7S/c1-2-24-14(21)7-18-15(22)12(26-16(18)23)6-9-5-10(17)3-4-11(9)25-8-13(19)20/h3-6H,2,7-8H2,1H3,(H,19,20)/b12-6+. The Hall–Kier alpha value is -2.33. The van der Waals surface area contributed by atoms with Crippen LogP contribution < -0.4 is 4.74 Å². The molecule has 1 aromatic carbocycles. The molecular formula is C16H14BrNO7S. The van der Waals surface area contributed by atoms with Gasteiger partial charge in [0, 0.05) is 10.0 Å². The van der Waals surface area contributed by atoms with E-state index in [-0.39, 0.29) is 17.3 Å². The van der Waals surface area contributed by atoms with Crippen LogP contribution >= 0.6 is 27.7 Å². The lowest BCUT2D eigenvalue weighted by Gasteiger charge is -2.11. The summed E-state index contributed by atoms with van der Waals surface area (Å²) in [5.74, 6) is -2.21. The Morgan fingerprint density at radius 1 is 1.35 bits per heavy atom. The van der Waals surface area contributed by atoms with Gasteiger partial charge in [0.1, 0.15) is 12.3 Å². The average molecular weight is 444 g/mol. The molecule has 1 N–H and O–H groups in total. The van der Waals surface area contributed by atoms with Gasteiger partial charge in [-0.2, -0.15) is 0 Å². The van der Waals surface area contributed by atoms with Crippen molar-refractivity contribution >= 4 is 56.9 Å². The molecule has 2 rings (SSSR count). The zero-order chi connectivity index (χ0) is 19.3. The van der Waals surface area contributed by atoms with Crippen LogP contribution in [0.15, 0.2) is 27.6 Å². The van der Waals surface area contributed by atoms with Gasteiger partial charge in [-0.05, 0) is 43.0 Å². The second-order valence-corrected chi connectivity index (χ2v) is 6.85. The highest BCUT2D eigenvalue weighted by atomic mass is 79.9. The third-order valence-corrected chi connectivity index (χ3v) is 4.48. The van der Waals surface area contributed by atoms with Gasteiger partial charge in [0.2, 0.25) is 0 Å². The molecule has 1 fully saturated rings. The maximum Gasteiger partial charge on any atom is 0.341 e. The Labute approximate surface area is 161 Å². The van der Waals surface area contributed by atoms with E-state index in [2.05, 4.69) is 15.9 Å². The molecule has 0 spiro atoms. The lowest BCUT2D eigenvalue weighted by molar-refractivity contribution is -0.146. The number of thioether (sulfide) groups is 1. The molecule has 0 aliphatic carbocycles. The van der Waals surface area contributed by atoms with Crippen LogP contribution in [0.1, 0.15) is 12.5 Å². The van der Waals surface area contributed by atoms with E-state index in [0.29, 0.717) is 21.8 Å². The van der Waals surface area contributed by atoms with Crippen LogP contribution in [0.4, 0.5) is 4.79 Å². The number of imide groups is 1. The molecule has 0 atom stereocenters. The number of hydrogen-bond acceptors (Lipinski definition) is 7. The molecule has 0 bridgehead atoms. The maximum absolute atomic E-state index is 12.4. The molecule has 1 aliphatic rings. The van der Waals surface area contributed by atoms with Gasteiger partial charge >= 0.3 is 11.9 Å². The van der Waals surface area contributed by atoms with Gasteiger partial charge in [-0.25, -0.2) is 4.79 Å². The van der Waals surface area contributed by atoms with E-state index < -0.39 is 36.2 Å². The van der Waals surface area contributed by atoms with Gasteiger partial charge in [0.15, 0.2) is 6.61 Å². The van der Waals surface area contributed by atoms with Gasteiger partial charge in [-0.1, -0.05) is 15.9 Å². The van der Waals surface area contributed by atoms with Crippen molar-refractivity contribution in [3.63, 3.8) is 0 Å². The smallest absolute Gasteiger partial charge is 0.341 e. The Bertz CT molecular complexity index is 793. The summed E-state index contributed by atoms with van der Waals surface area (Å²) < 4.78 is 10.6. The molecular weight excluding hydrogens is 430 g/mol. The first-order valence-electron chi connectivity index (χ1n) is 7.37. The first kappa shape index (κ1) is 20.0. The van der Waals surface area contributed by atoms with Crippen molar-refractivity contribution in [3.05, 3.63) is 33.1 Å². The molecule has 2 amide bonds. The molecule has 26 heavy (non-hydrogen) atoms. The average Bonchev–Trinajstić information content (AvgIpc) is 2.82. The van der Waals surface area contributed by atoms with Crippen LogP contribution in [0.3, 0.4) is 0 Å². The monoisotopic (exact) mass is 443 g/mol. The summed E-state index contributed by atoms with van der Waals surface area (Å²) in [6, 6.07) is 4.82. The van der Waals surface area contributed by atoms with E-state index in [4.69, 9.17) is 14.6 Å². The van der Waals surface area contributed by atoms with Gasteiger partial charge in [-0.3, -0.25) is 19.3 Å². The van der Waals surface area contributed by atoms with E-state index in [0.717, 1.165) is 4.90 Å². The minimum Gasteiger partial charge on any atom is -0.481 e. The summed E-state index contributed by atoms with van der Waals surface area (Å²) in [7, 11) is 0. The van der Waals surface area contributed by atoms with Gasteiger partial charge in [-0.15, -0.1) is 0 Å². The van der Waals surface area contributed by atoms with Crippen LogP contribution in [0.2, 0.25) is 0 Å². The van der Waals surface area contributed by atoms with Crippen LogP contribution in [0.5, 0.6) is 5.75 Å². The first-order valence-corrected chi connectivity index (χ1v) is 8.98. The number of benzene rings is 1. The van der Waals surface area contributed by atoms with Crippen molar-refractivity contribution in [1.82, 2.24) is 4.90 Å². The number of carboxylic acids is 1. The Kier molecular flexibility index (Phi) is 6.81. The predicted molar refractivity (Wildman–Crippen MR) is 96.6 cm³/mol. The molecule has 0 saturated carbocycles. The number of amides is 2. The minimum absolute atomic E-state index is 0.0950. The highest BCUT2D eigenvalue weighted by Gasteiger charge is 2.36. The third-order valence-electron chi connectivity index (χ3n) is 3.08. The van der Waals surface area contributed by atoms with Crippen LogP contribution in [-0.4, -0.2) is 52.8 Å². The van der Waals surface area contributed by atoms with Crippen LogP contribution in [0, 0.1) is 0 Å². The first-order chi connectivity index (χ1) is 12.3. The SMILES string of the molecule is CCOC(=O)CN1C(=O)S/C(=C/c2cc(Br)ccc2OCC(=O)O)C1=O. The third kappa shape index (κ3) is 5.09.